The fraction of sp³-hybridized carbons (Fsp3) is 0.812. The summed E-state index contributed by atoms with van der Waals surface area (Å²) in [5.41, 5.74) is 4.31. The maximum atomic E-state index is 4.93. The number of hydrogen-bond donors (Lipinski definition) is 1. The largest absolute Gasteiger partial charge is 0.317 e. The molecule has 1 heterocycles. The van der Waals surface area contributed by atoms with E-state index in [4.69, 9.17) is 5.10 Å². The molecule has 1 N–H and O–H groups in total. The molecule has 1 aromatic rings. The number of likely N-dealkylation sites (N-methyl/N-ethyl adjacent to an activating group) is 1. The van der Waals surface area contributed by atoms with Gasteiger partial charge in [0.2, 0.25) is 0 Å². The lowest BCUT2D eigenvalue weighted by molar-refractivity contribution is 0.423. The molecule has 2 rings (SSSR count). The Balaban J connectivity index is 2.23. The van der Waals surface area contributed by atoms with Crippen LogP contribution in [-0.4, -0.2) is 22.9 Å². The highest BCUT2D eigenvalue weighted by Gasteiger charge is 2.31. The average Bonchev–Trinajstić information content (AvgIpc) is 3.20. The second kappa shape index (κ2) is 6.56. The summed E-state index contributed by atoms with van der Waals surface area (Å²) in [6.07, 6.45) is 6.05. The molecule has 108 valence electrons. The monoisotopic (exact) mass is 263 g/mol. The summed E-state index contributed by atoms with van der Waals surface area (Å²) in [6, 6.07) is 0.591. The molecular weight excluding hydrogens is 234 g/mol. The average molecular weight is 263 g/mol. The van der Waals surface area contributed by atoms with Crippen molar-refractivity contribution in [3.8, 4) is 0 Å². The number of hydrogen-bond acceptors (Lipinski definition) is 2. The maximum absolute atomic E-state index is 4.93. The Morgan fingerprint density at radius 1 is 1.26 bits per heavy atom. The zero-order valence-electron chi connectivity index (χ0n) is 13.0. The second-order valence-corrected chi connectivity index (χ2v) is 5.71. The van der Waals surface area contributed by atoms with Gasteiger partial charge in [-0.05, 0) is 63.6 Å². The molecule has 0 amide bonds. The van der Waals surface area contributed by atoms with E-state index in [2.05, 4.69) is 37.7 Å². The third-order valence-corrected chi connectivity index (χ3v) is 4.36. The summed E-state index contributed by atoms with van der Waals surface area (Å²) in [5.74, 6) is 0.872. The molecule has 1 aromatic heterocycles. The standard InChI is InChI=1S/C16H29N3/c1-5-15-14(10-11-17-7-3)16(6-2)19(18-15)12(4)13-8-9-13/h12-13,17H,5-11H2,1-4H3. The predicted octanol–water partition coefficient (Wildman–Crippen LogP) is 3.13. The Bertz CT molecular complexity index is 404. The van der Waals surface area contributed by atoms with Gasteiger partial charge in [0, 0.05) is 5.69 Å². The van der Waals surface area contributed by atoms with Crippen molar-refractivity contribution in [3.63, 3.8) is 0 Å². The molecule has 1 aliphatic rings. The van der Waals surface area contributed by atoms with Gasteiger partial charge in [-0.1, -0.05) is 20.8 Å². The van der Waals surface area contributed by atoms with Crippen LogP contribution >= 0.6 is 0 Å². The predicted molar refractivity (Wildman–Crippen MR) is 80.7 cm³/mol. The van der Waals surface area contributed by atoms with Crippen molar-refractivity contribution in [2.24, 2.45) is 5.92 Å². The second-order valence-electron chi connectivity index (χ2n) is 5.71. The van der Waals surface area contributed by atoms with Crippen molar-refractivity contribution in [2.75, 3.05) is 13.1 Å². The van der Waals surface area contributed by atoms with Crippen molar-refractivity contribution in [1.29, 1.82) is 0 Å². The third-order valence-electron chi connectivity index (χ3n) is 4.36. The van der Waals surface area contributed by atoms with Crippen LogP contribution in [0.5, 0.6) is 0 Å². The van der Waals surface area contributed by atoms with Crippen LogP contribution in [-0.2, 0) is 19.3 Å². The van der Waals surface area contributed by atoms with E-state index in [1.54, 1.807) is 0 Å². The van der Waals surface area contributed by atoms with E-state index in [-0.39, 0.29) is 0 Å². The topological polar surface area (TPSA) is 29.9 Å². The van der Waals surface area contributed by atoms with E-state index in [0.717, 1.165) is 38.3 Å². The SMILES string of the molecule is CCNCCc1c(CC)nn(C(C)C2CC2)c1CC. The quantitative estimate of drug-likeness (QED) is 0.730. The van der Waals surface area contributed by atoms with Crippen LogP contribution < -0.4 is 5.32 Å². The first-order valence-electron chi connectivity index (χ1n) is 8.02. The highest BCUT2D eigenvalue weighted by atomic mass is 15.3. The molecule has 3 nitrogen and oxygen atoms in total. The summed E-state index contributed by atoms with van der Waals surface area (Å²) in [7, 11) is 0. The Morgan fingerprint density at radius 2 is 2.00 bits per heavy atom. The number of aryl methyl sites for hydroxylation is 1. The van der Waals surface area contributed by atoms with Crippen molar-refractivity contribution in [3.05, 3.63) is 17.0 Å². The number of rotatable bonds is 8. The van der Waals surface area contributed by atoms with Crippen LogP contribution in [0.4, 0.5) is 0 Å². The number of nitrogens with one attached hydrogen (secondary N) is 1. The normalized spacial score (nSPS) is 16.8. The van der Waals surface area contributed by atoms with Crippen LogP contribution in [0.2, 0.25) is 0 Å². The third kappa shape index (κ3) is 3.19. The molecule has 1 atom stereocenters. The minimum Gasteiger partial charge on any atom is -0.317 e. The molecule has 0 saturated heterocycles. The molecule has 0 spiro atoms. The Kier molecular flexibility index (Phi) is 5.03. The van der Waals surface area contributed by atoms with Gasteiger partial charge >= 0.3 is 0 Å². The molecule has 19 heavy (non-hydrogen) atoms. The summed E-state index contributed by atoms with van der Waals surface area (Å²) >= 11 is 0. The molecule has 1 saturated carbocycles. The fourth-order valence-electron chi connectivity index (χ4n) is 3.01. The maximum Gasteiger partial charge on any atom is 0.0657 e. The minimum absolute atomic E-state index is 0.591. The Morgan fingerprint density at radius 3 is 2.53 bits per heavy atom. The van der Waals surface area contributed by atoms with Gasteiger partial charge in [-0.15, -0.1) is 0 Å². The van der Waals surface area contributed by atoms with Crippen LogP contribution in [0.1, 0.15) is 63.5 Å². The minimum atomic E-state index is 0.591. The lowest BCUT2D eigenvalue weighted by Crippen LogP contribution is -2.17. The molecular formula is C16H29N3. The molecule has 0 aliphatic heterocycles. The van der Waals surface area contributed by atoms with Gasteiger partial charge in [0.1, 0.15) is 0 Å². The summed E-state index contributed by atoms with van der Waals surface area (Å²) in [6.45, 7) is 11.1. The van der Waals surface area contributed by atoms with E-state index in [0.29, 0.717) is 6.04 Å². The first-order valence-corrected chi connectivity index (χ1v) is 8.02. The molecule has 0 bridgehead atoms. The first-order chi connectivity index (χ1) is 9.22. The number of nitrogens with zero attached hydrogens (tertiary/aromatic N) is 2. The first kappa shape index (κ1) is 14.6. The van der Waals surface area contributed by atoms with Crippen LogP contribution in [0.3, 0.4) is 0 Å². The van der Waals surface area contributed by atoms with Gasteiger partial charge in [0.15, 0.2) is 0 Å². The highest BCUT2D eigenvalue weighted by Crippen LogP contribution is 2.40. The molecule has 3 heteroatoms. The van der Waals surface area contributed by atoms with Gasteiger partial charge < -0.3 is 5.32 Å². The Hall–Kier alpha value is -0.830. The van der Waals surface area contributed by atoms with Crippen LogP contribution in [0.25, 0.3) is 0 Å². The molecule has 1 unspecified atom stereocenters. The zero-order valence-corrected chi connectivity index (χ0v) is 13.0. The molecule has 0 aromatic carbocycles. The zero-order chi connectivity index (χ0) is 13.8. The van der Waals surface area contributed by atoms with Gasteiger partial charge in [-0.3, -0.25) is 4.68 Å². The van der Waals surface area contributed by atoms with E-state index in [1.165, 1.54) is 29.8 Å². The summed E-state index contributed by atoms with van der Waals surface area (Å²) in [5, 5.41) is 8.36. The van der Waals surface area contributed by atoms with Crippen molar-refractivity contribution >= 4 is 0 Å². The summed E-state index contributed by atoms with van der Waals surface area (Å²) < 4.78 is 2.35. The Labute approximate surface area is 117 Å². The fourth-order valence-corrected chi connectivity index (χ4v) is 3.01. The van der Waals surface area contributed by atoms with Gasteiger partial charge in [-0.2, -0.15) is 5.10 Å². The van der Waals surface area contributed by atoms with Crippen molar-refractivity contribution in [1.82, 2.24) is 15.1 Å². The molecule has 1 fully saturated rings. The van der Waals surface area contributed by atoms with Gasteiger partial charge in [-0.25, -0.2) is 0 Å². The van der Waals surface area contributed by atoms with E-state index in [9.17, 15) is 0 Å². The van der Waals surface area contributed by atoms with E-state index in [1.807, 2.05) is 0 Å². The molecule has 1 aliphatic carbocycles. The lowest BCUT2D eigenvalue weighted by atomic mass is 10.1. The van der Waals surface area contributed by atoms with Gasteiger partial charge in [0.05, 0.1) is 11.7 Å². The molecule has 0 radical (unpaired) electrons. The van der Waals surface area contributed by atoms with E-state index >= 15 is 0 Å². The summed E-state index contributed by atoms with van der Waals surface area (Å²) in [4.78, 5) is 0. The van der Waals surface area contributed by atoms with Gasteiger partial charge in [0.25, 0.3) is 0 Å². The lowest BCUT2D eigenvalue weighted by Gasteiger charge is -2.15. The van der Waals surface area contributed by atoms with E-state index < -0.39 is 0 Å². The smallest absolute Gasteiger partial charge is 0.0657 e. The van der Waals surface area contributed by atoms with Crippen LogP contribution in [0, 0.1) is 5.92 Å². The highest BCUT2D eigenvalue weighted by molar-refractivity contribution is 5.28. The van der Waals surface area contributed by atoms with Crippen molar-refractivity contribution < 1.29 is 0 Å². The number of aromatic nitrogens is 2. The van der Waals surface area contributed by atoms with Crippen LogP contribution in [0.15, 0.2) is 0 Å². The van der Waals surface area contributed by atoms with Crippen molar-refractivity contribution in [2.45, 2.75) is 65.8 Å².